The highest BCUT2D eigenvalue weighted by Crippen LogP contribution is 2.36. The highest BCUT2D eigenvalue weighted by molar-refractivity contribution is 7.92. The lowest BCUT2D eigenvalue weighted by Crippen LogP contribution is -2.42. The molecule has 1 unspecified atom stereocenters. The summed E-state index contributed by atoms with van der Waals surface area (Å²) >= 11 is 0. The van der Waals surface area contributed by atoms with Gasteiger partial charge in [-0.05, 0) is 35.8 Å². The van der Waals surface area contributed by atoms with Crippen LogP contribution < -0.4 is 9.62 Å². The molecular formula is C20H32N2O4S. The summed E-state index contributed by atoms with van der Waals surface area (Å²) < 4.78 is 32.0. The molecule has 1 aromatic rings. The molecule has 7 heteroatoms. The highest BCUT2D eigenvalue weighted by Gasteiger charge is 2.27. The first kappa shape index (κ1) is 21.7. The van der Waals surface area contributed by atoms with Crippen molar-refractivity contribution in [3.8, 4) is 0 Å². The largest absolute Gasteiger partial charge is 0.368 e. The van der Waals surface area contributed by atoms with Crippen molar-refractivity contribution in [3.05, 3.63) is 29.3 Å². The van der Waals surface area contributed by atoms with E-state index in [1.54, 1.807) is 0 Å². The normalized spacial score (nSPS) is 17.5. The number of rotatable bonds is 8. The maximum atomic E-state index is 12.6. The maximum Gasteiger partial charge on any atom is 0.249 e. The number of nitrogens with one attached hydrogen (secondary N) is 1. The standard InChI is InChI=1S/C20H32N2O4S/c1-14(2)16-8-6-9-17(15(3)4)19(16)22(27(5,24)25)12-11-21-20(23)18-10-7-13-26-18/h6,8-9,14-15,18H,7,10-13H2,1-5H3,(H,21,23). The molecule has 1 aliphatic rings. The van der Waals surface area contributed by atoms with Gasteiger partial charge in [0.2, 0.25) is 15.9 Å². The van der Waals surface area contributed by atoms with Crippen molar-refractivity contribution >= 4 is 21.6 Å². The molecule has 0 aliphatic carbocycles. The van der Waals surface area contributed by atoms with Crippen molar-refractivity contribution in [1.82, 2.24) is 5.32 Å². The summed E-state index contributed by atoms with van der Waals surface area (Å²) in [4.78, 5) is 12.2. The van der Waals surface area contributed by atoms with Gasteiger partial charge in [-0.25, -0.2) is 8.42 Å². The van der Waals surface area contributed by atoms with Gasteiger partial charge in [0.15, 0.2) is 0 Å². The number of amides is 1. The van der Waals surface area contributed by atoms with E-state index >= 15 is 0 Å². The number of carbonyl (C=O) groups excluding carboxylic acids is 1. The zero-order valence-electron chi connectivity index (χ0n) is 17.0. The number of ether oxygens (including phenoxy) is 1. The van der Waals surface area contributed by atoms with Crippen LogP contribution in [0, 0.1) is 0 Å². The van der Waals surface area contributed by atoms with E-state index in [2.05, 4.69) is 33.0 Å². The maximum absolute atomic E-state index is 12.6. The van der Waals surface area contributed by atoms with Crippen LogP contribution in [0.3, 0.4) is 0 Å². The van der Waals surface area contributed by atoms with Crippen molar-refractivity contribution in [2.45, 2.75) is 58.5 Å². The summed E-state index contributed by atoms with van der Waals surface area (Å²) in [7, 11) is -3.50. The number of carbonyl (C=O) groups is 1. The van der Waals surface area contributed by atoms with Gasteiger partial charge < -0.3 is 10.1 Å². The van der Waals surface area contributed by atoms with Gasteiger partial charge in [-0.2, -0.15) is 0 Å². The van der Waals surface area contributed by atoms with Crippen LogP contribution in [0.4, 0.5) is 5.69 Å². The first-order valence-electron chi connectivity index (χ1n) is 9.62. The number of benzene rings is 1. The Kier molecular flexibility index (Phi) is 7.28. The SMILES string of the molecule is CC(C)c1cccc(C(C)C)c1N(CCNC(=O)C1CCCO1)S(C)(=O)=O. The second kappa shape index (κ2) is 9.06. The average molecular weight is 397 g/mol. The Balaban J connectivity index is 2.27. The highest BCUT2D eigenvalue weighted by atomic mass is 32.2. The molecule has 1 aromatic carbocycles. The van der Waals surface area contributed by atoms with Gasteiger partial charge in [0, 0.05) is 13.2 Å². The summed E-state index contributed by atoms with van der Waals surface area (Å²) in [6.45, 7) is 9.28. The molecule has 1 fully saturated rings. The molecule has 0 radical (unpaired) electrons. The van der Waals surface area contributed by atoms with Gasteiger partial charge in [0.25, 0.3) is 0 Å². The first-order valence-corrected chi connectivity index (χ1v) is 11.5. The van der Waals surface area contributed by atoms with Gasteiger partial charge in [-0.15, -0.1) is 0 Å². The zero-order chi connectivity index (χ0) is 20.2. The lowest BCUT2D eigenvalue weighted by atomic mass is 9.92. The molecule has 27 heavy (non-hydrogen) atoms. The molecule has 2 rings (SSSR count). The van der Waals surface area contributed by atoms with Crippen molar-refractivity contribution in [3.63, 3.8) is 0 Å². The average Bonchev–Trinajstić information content (AvgIpc) is 3.11. The Labute approximate surface area is 163 Å². The number of hydrogen-bond donors (Lipinski definition) is 1. The molecule has 1 aliphatic heterocycles. The Bertz CT molecular complexity index is 727. The molecule has 6 nitrogen and oxygen atoms in total. The van der Waals surface area contributed by atoms with Crippen molar-refractivity contribution < 1.29 is 17.9 Å². The smallest absolute Gasteiger partial charge is 0.249 e. The summed E-state index contributed by atoms with van der Waals surface area (Å²) in [6.07, 6.45) is 2.41. The van der Waals surface area contributed by atoms with Crippen LogP contribution in [0.2, 0.25) is 0 Å². The first-order chi connectivity index (χ1) is 12.6. The predicted octanol–water partition coefficient (Wildman–Crippen LogP) is 2.99. The van der Waals surface area contributed by atoms with E-state index < -0.39 is 16.1 Å². The quantitative estimate of drug-likeness (QED) is 0.733. The summed E-state index contributed by atoms with van der Waals surface area (Å²) in [5.41, 5.74) is 2.74. The van der Waals surface area contributed by atoms with Crippen LogP contribution in [-0.4, -0.2) is 46.4 Å². The molecule has 0 spiro atoms. The Hall–Kier alpha value is -1.60. The monoisotopic (exact) mass is 396 g/mol. The van der Waals surface area contributed by atoms with E-state index in [0.29, 0.717) is 6.61 Å². The van der Waals surface area contributed by atoms with E-state index in [9.17, 15) is 13.2 Å². The molecule has 152 valence electrons. The summed E-state index contributed by atoms with van der Waals surface area (Å²) in [6, 6.07) is 5.94. The molecule has 0 aromatic heterocycles. The van der Waals surface area contributed by atoms with Crippen molar-refractivity contribution in [2.75, 3.05) is 30.3 Å². The Morgan fingerprint density at radius 1 is 1.22 bits per heavy atom. The second-order valence-electron chi connectivity index (χ2n) is 7.72. The molecular weight excluding hydrogens is 364 g/mol. The van der Waals surface area contributed by atoms with Gasteiger partial charge >= 0.3 is 0 Å². The van der Waals surface area contributed by atoms with Gasteiger partial charge in [0.05, 0.1) is 18.5 Å². The number of sulfonamides is 1. The Morgan fingerprint density at radius 2 is 1.81 bits per heavy atom. The minimum Gasteiger partial charge on any atom is -0.368 e. The fraction of sp³-hybridized carbons (Fsp3) is 0.650. The van der Waals surface area contributed by atoms with Crippen LogP contribution in [0.15, 0.2) is 18.2 Å². The number of anilines is 1. The van der Waals surface area contributed by atoms with Gasteiger partial charge in [0.1, 0.15) is 6.10 Å². The third-order valence-electron chi connectivity index (χ3n) is 4.83. The van der Waals surface area contributed by atoms with Crippen LogP contribution >= 0.6 is 0 Å². The molecule has 0 saturated carbocycles. The molecule has 0 bridgehead atoms. The van der Waals surface area contributed by atoms with E-state index in [1.165, 1.54) is 10.6 Å². The third-order valence-corrected chi connectivity index (χ3v) is 5.99. The zero-order valence-corrected chi connectivity index (χ0v) is 17.8. The second-order valence-corrected chi connectivity index (χ2v) is 9.63. The van der Waals surface area contributed by atoms with E-state index in [4.69, 9.17) is 4.74 Å². The lowest BCUT2D eigenvalue weighted by molar-refractivity contribution is -0.129. The number of hydrogen-bond acceptors (Lipinski definition) is 4. The van der Waals surface area contributed by atoms with E-state index in [-0.39, 0.29) is 30.8 Å². The number of nitrogens with zero attached hydrogens (tertiary/aromatic N) is 1. The fourth-order valence-corrected chi connectivity index (χ4v) is 4.39. The van der Waals surface area contributed by atoms with Crippen LogP contribution in [0.25, 0.3) is 0 Å². The van der Waals surface area contributed by atoms with Crippen molar-refractivity contribution in [1.29, 1.82) is 0 Å². The summed E-state index contributed by atoms with van der Waals surface area (Å²) in [5.74, 6) is 0.205. The van der Waals surface area contributed by atoms with Crippen molar-refractivity contribution in [2.24, 2.45) is 0 Å². The van der Waals surface area contributed by atoms with Crippen LogP contribution in [0.1, 0.15) is 63.5 Å². The van der Waals surface area contributed by atoms with E-state index in [0.717, 1.165) is 29.7 Å². The van der Waals surface area contributed by atoms with Gasteiger partial charge in [-0.3, -0.25) is 9.10 Å². The minimum atomic E-state index is -3.50. The summed E-state index contributed by atoms with van der Waals surface area (Å²) in [5, 5.41) is 2.82. The minimum absolute atomic E-state index is 0.165. The third kappa shape index (κ3) is 5.45. The molecule has 1 heterocycles. The van der Waals surface area contributed by atoms with Crippen LogP contribution in [0.5, 0.6) is 0 Å². The predicted molar refractivity (Wildman–Crippen MR) is 109 cm³/mol. The topological polar surface area (TPSA) is 75.7 Å². The number of para-hydroxylation sites is 1. The van der Waals surface area contributed by atoms with Gasteiger partial charge in [-0.1, -0.05) is 45.9 Å². The molecule has 1 amide bonds. The molecule has 1 saturated heterocycles. The van der Waals surface area contributed by atoms with Crippen LogP contribution in [-0.2, 0) is 19.6 Å². The Morgan fingerprint density at radius 3 is 2.26 bits per heavy atom. The van der Waals surface area contributed by atoms with E-state index in [1.807, 2.05) is 18.2 Å². The fourth-order valence-electron chi connectivity index (χ4n) is 3.42. The lowest BCUT2D eigenvalue weighted by Gasteiger charge is -2.30. The molecule has 1 atom stereocenters. The molecule has 1 N–H and O–H groups in total.